The molecule has 51 heavy (non-hydrogen) atoms. The van der Waals surface area contributed by atoms with Gasteiger partial charge in [-0.3, -0.25) is 0 Å². The third-order valence-corrected chi connectivity index (χ3v) is 10.7. The van der Waals surface area contributed by atoms with Gasteiger partial charge in [-0.05, 0) is 66.4 Å². The van der Waals surface area contributed by atoms with Crippen molar-refractivity contribution in [1.82, 2.24) is 15.0 Å². The molecule has 1 aromatic heterocycles. The number of hydrogen-bond donors (Lipinski definition) is 0. The van der Waals surface area contributed by atoms with Gasteiger partial charge in [0.25, 0.3) is 0 Å². The predicted octanol–water partition coefficient (Wildman–Crippen LogP) is 12.3. The molecule has 8 aromatic carbocycles. The van der Waals surface area contributed by atoms with Crippen molar-refractivity contribution in [3.8, 4) is 56.4 Å². The second-order valence-electron chi connectivity index (χ2n) is 14.0. The van der Waals surface area contributed by atoms with E-state index in [4.69, 9.17) is 15.0 Å². The molecule has 240 valence electrons. The van der Waals surface area contributed by atoms with Gasteiger partial charge in [0.1, 0.15) is 0 Å². The Labute approximate surface area is 297 Å². The fourth-order valence-electron chi connectivity index (χ4n) is 8.38. The van der Waals surface area contributed by atoms with Crippen LogP contribution in [0.15, 0.2) is 164 Å². The summed E-state index contributed by atoms with van der Waals surface area (Å²) < 4.78 is 0. The van der Waals surface area contributed by atoms with E-state index in [2.05, 4.69) is 159 Å². The molecule has 3 heteroatoms. The summed E-state index contributed by atoms with van der Waals surface area (Å²) in [6, 6.07) is 58.3. The van der Waals surface area contributed by atoms with E-state index in [0.717, 1.165) is 43.8 Å². The molecular formula is C48H33N3. The lowest BCUT2D eigenvalue weighted by Gasteiger charge is -2.25. The summed E-state index contributed by atoms with van der Waals surface area (Å²) in [6.45, 7) is 4.68. The van der Waals surface area contributed by atoms with Crippen molar-refractivity contribution < 1.29 is 0 Å². The van der Waals surface area contributed by atoms with Crippen LogP contribution >= 0.6 is 0 Å². The summed E-state index contributed by atoms with van der Waals surface area (Å²) in [5.41, 5.74) is 10.4. The number of hydrogen-bond acceptors (Lipinski definition) is 3. The molecule has 0 unspecified atom stereocenters. The number of rotatable bonds is 4. The molecule has 0 spiro atoms. The van der Waals surface area contributed by atoms with Crippen LogP contribution in [0.5, 0.6) is 0 Å². The molecule has 0 saturated heterocycles. The Morgan fingerprint density at radius 3 is 1.78 bits per heavy atom. The maximum Gasteiger partial charge on any atom is 0.165 e. The second kappa shape index (κ2) is 11.3. The zero-order valence-corrected chi connectivity index (χ0v) is 28.4. The summed E-state index contributed by atoms with van der Waals surface area (Å²) in [6.07, 6.45) is 0. The minimum atomic E-state index is -0.169. The molecule has 0 radical (unpaired) electrons. The van der Waals surface area contributed by atoms with Crippen molar-refractivity contribution in [2.75, 3.05) is 0 Å². The van der Waals surface area contributed by atoms with Crippen molar-refractivity contribution >= 4 is 32.3 Å². The van der Waals surface area contributed by atoms with Gasteiger partial charge < -0.3 is 0 Å². The van der Waals surface area contributed by atoms with Crippen LogP contribution in [0.4, 0.5) is 0 Å². The van der Waals surface area contributed by atoms with Crippen LogP contribution < -0.4 is 0 Å². The van der Waals surface area contributed by atoms with Gasteiger partial charge in [-0.2, -0.15) is 0 Å². The van der Waals surface area contributed by atoms with E-state index >= 15 is 0 Å². The highest BCUT2D eigenvalue weighted by atomic mass is 15.0. The van der Waals surface area contributed by atoms with E-state index in [-0.39, 0.29) is 5.41 Å². The first-order valence-electron chi connectivity index (χ1n) is 17.5. The Balaban J connectivity index is 1.28. The van der Waals surface area contributed by atoms with Crippen LogP contribution in [0, 0.1) is 0 Å². The molecular weight excluding hydrogens is 619 g/mol. The van der Waals surface area contributed by atoms with Crippen LogP contribution in [-0.4, -0.2) is 15.0 Å². The molecule has 0 aliphatic heterocycles. The number of nitrogens with zero attached hydrogens (tertiary/aromatic N) is 3. The van der Waals surface area contributed by atoms with Gasteiger partial charge in [-0.1, -0.05) is 172 Å². The number of benzene rings is 8. The van der Waals surface area contributed by atoms with Crippen LogP contribution in [0.3, 0.4) is 0 Å². The molecule has 1 aliphatic rings. The molecule has 0 saturated carbocycles. The minimum Gasteiger partial charge on any atom is -0.208 e. The largest absolute Gasteiger partial charge is 0.208 e. The third kappa shape index (κ3) is 4.55. The van der Waals surface area contributed by atoms with Crippen LogP contribution in [0.2, 0.25) is 0 Å². The Morgan fingerprint density at radius 2 is 0.961 bits per heavy atom. The second-order valence-corrected chi connectivity index (χ2v) is 14.0. The standard InChI is InChI=1S/C48H33N3/c1-48(2)41-26-13-12-22-37(41)39-25-14-24-38(44(39)48)36-21-10-11-23-40(36)46-49-45(31-16-4-3-5-17-31)50-47(51-46)43-35-20-9-7-18-32(35)29-33-28-27-30-15-6-8-19-34(30)42(33)43/h3-29H,1-2H3. The molecule has 0 fully saturated rings. The Bertz CT molecular complexity index is 2830. The molecule has 0 N–H and O–H groups in total. The first kappa shape index (κ1) is 29.5. The number of aromatic nitrogens is 3. The highest BCUT2D eigenvalue weighted by Gasteiger charge is 2.37. The molecule has 1 heterocycles. The van der Waals surface area contributed by atoms with Crippen LogP contribution in [0.1, 0.15) is 25.0 Å². The summed E-state index contributed by atoms with van der Waals surface area (Å²) in [7, 11) is 0. The average Bonchev–Trinajstić information content (AvgIpc) is 3.43. The van der Waals surface area contributed by atoms with E-state index < -0.39 is 0 Å². The summed E-state index contributed by atoms with van der Waals surface area (Å²) in [5, 5.41) is 6.95. The minimum absolute atomic E-state index is 0.169. The van der Waals surface area contributed by atoms with E-state index in [1.165, 1.54) is 38.6 Å². The first-order valence-corrected chi connectivity index (χ1v) is 17.5. The lowest BCUT2D eigenvalue weighted by atomic mass is 9.78. The zero-order chi connectivity index (χ0) is 34.1. The van der Waals surface area contributed by atoms with Gasteiger partial charge in [-0.15, -0.1) is 0 Å². The van der Waals surface area contributed by atoms with Gasteiger partial charge in [0.2, 0.25) is 0 Å². The first-order chi connectivity index (χ1) is 25.1. The Kier molecular flexibility index (Phi) is 6.53. The summed E-state index contributed by atoms with van der Waals surface area (Å²) in [4.78, 5) is 16.0. The molecule has 0 amide bonds. The van der Waals surface area contributed by atoms with Crippen molar-refractivity contribution in [3.63, 3.8) is 0 Å². The topological polar surface area (TPSA) is 38.7 Å². The van der Waals surface area contributed by atoms with Crippen LogP contribution in [0.25, 0.3) is 88.7 Å². The SMILES string of the molecule is CC1(C)c2ccccc2-c2cccc(-c3ccccc3-c3nc(-c4ccccc4)nc(-c4c5ccccc5cc5ccc6ccccc6c45)n3)c21. The van der Waals surface area contributed by atoms with Crippen molar-refractivity contribution in [2.45, 2.75) is 19.3 Å². The predicted molar refractivity (Wildman–Crippen MR) is 212 cm³/mol. The van der Waals surface area contributed by atoms with Gasteiger partial charge in [0, 0.05) is 27.5 Å². The van der Waals surface area contributed by atoms with E-state index in [1.807, 2.05) is 18.2 Å². The Morgan fingerprint density at radius 1 is 0.392 bits per heavy atom. The molecule has 1 aliphatic carbocycles. The molecule has 10 rings (SSSR count). The van der Waals surface area contributed by atoms with Crippen molar-refractivity contribution in [3.05, 3.63) is 175 Å². The molecule has 0 atom stereocenters. The van der Waals surface area contributed by atoms with Gasteiger partial charge in [-0.25, -0.2) is 15.0 Å². The molecule has 9 aromatic rings. The lowest BCUT2D eigenvalue weighted by Crippen LogP contribution is -2.16. The smallest absolute Gasteiger partial charge is 0.165 e. The Hall–Kier alpha value is -6.45. The van der Waals surface area contributed by atoms with Crippen molar-refractivity contribution in [1.29, 1.82) is 0 Å². The zero-order valence-electron chi connectivity index (χ0n) is 28.4. The monoisotopic (exact) mass is 651 g/mol. The van der Waals surface area contributed by atoms with Crippen molar-refractivity contribution in [2.24, 2.45) is 0 Å². The van der Waals surface area contributed by atoms with E-state index in [9.17, 15) is 0 Å². The quantitative estimate of drug-likeness (QED) is 0.140. The van der Waals surface area contributed by atoms with Gasteiger partial charge >= 0.3 is 0 Å². The van der Waals surface area contributed by atoms with Gasteiger partial charge in [0.15, 0.2) is 17.5 Å². The lowest BCUT2D eigenvalue weighted by molar-refractivity contribution is 0.662. The van der Waals surface area contributed by atoms with Crippen LogP contribution in [-0.2, 0) is 5.41 Å². The summed E-state index contributed by atoms with van der Waals surface area (Å²) >= 11 is 0. The maximum absolute atomic E-state index is 5.44. The van der Waals surface area contributed by atoms with E-state index in [1.54, 1.807) is 0 Å². The van der Waals surface area contributed by atoms with E-state index in [0.29, 0.717) is 17.5 Å². The van der Waals surface area contributed by atoms with Gasteiger partial charge in [0.05, 0.1) is 0 Å². The third-order valence-electron chi connectivity index (χ3n) is 10.7. The fraction of sp³-hybridized carbons (Fsp3) is 0.0625. The molecule has 0 bridgehead atoms. The summed E-state index contributed by atoms with van der Waals surface area (Å²) in [5.74, 6) is 1.97. The number of fused-ring (bicyclic) bond motifs is 7. The highest BCUT2D eigenvalue weighted by molar-refractivity contribution is 6.21. The molecule has 3 nitrogen and oxygen atoms in total. The average molecular weight is 652 g/mol. The normalized spacial score (nSPS) is 13.1. The maximum atomic E-state index is 5.44. The fourth-order valence-corrected chi connectivity index (χ4v) is 8.38. The highest BCUT2D eigenvalue weighted by Crippen LogP contribution is 2.53.